The first-order valence-corrected chi connectivity index (χ1v) is 8.34. The molecular formula is C14H27O4P. The highest BCUT2D eigenvalue weighted by Crippen LogP contribution is 2.25. The van der Waals surface area contributed by atoms with Gasteiger partial charge in [-0.25, -0.2) is 9.36 Å². The molecule has 0 fully saturated rings. The number of rotatable bonds is 12. The van der Waals surface area contributed by atoms with E-state index in [2.05, 4.69) is 18.0 Å². The van der Waals surface area contributed by atoms with Crippen molar-refractivity contribution in [2.45, 2.75) is 65.2 Å². The van der Waals surface area contributed by atoms with Crippen LogP contribution in [0.4, 0.5) is 0 Å². The Bertz CT molecular complexity index is 289. The van der Waals surface area contributed by atoms with E-state index in [4.69, 9.17) is 4.52 Å². The van der Waals surface area contributed by atoms with E-state index in [1.165, 1.54) is 45.4 Å². The van der Waals surface area contributed by atoms with Crippen LogP contribution in [-0.4, -0.2) is 12.6 Å². The molecule has 0 aliphatic carbocycles. The third-order valence-electron chi connectivity index (χ3n) is 2.74. The molecule has 0 saturated carbocycles. The predicted molar refractivity (Wildman–Crippen MR) is 78.5 cm³/mol. The second-order valence-corrected chi connectivity index (χ2v) is 5.74. The van der Waals surface area contributed by atoms with Gasteiger partial charge in [0.15, 0.2) is 0 Å². The summed E-state index contributed by atoms with van der Waals surface area (Å²) in [6.45, 7) is 7.51. The van der Waals surface area contributed by atoms with E-state index in [0.29, 0.717) is 6.61 Å². The lowest BCUT2D eigenvalue weighted by Crippen LogP contribution is -2.00. The second-order valence-electron chi connectivity index (χ2n) is 4.74. The van der Waals surface area contributed by atoms with Gasteiger partial charge in [-0.15, -0.1) is 0 Å². The highest BCUT2D eigenvalue weighted by molar-refractivity contribution is 7.34. The van der Waals surface area contributed by atoms with Gasteiger partial charge in [0.05, 0.1) is 6.61 Å². The van der Waals surface area contributed by atoms with Crippen LogP contribution in [0, 0.1) is 0 Å². The van der Waals surface area contributed by atoms with Crippen LogP contribution in [0.15, 0.2) is 12.2 Å². The smallest absolute Gasteiger partial charge is 0.370 e. The Morgan fingerprint density at radius 1 is 1.05 bits per heavy atom. The van der Waals surface area contributed by atoms with Crippen molar-refractivity contribution in [3.8, 4) is 0 Å². The molecule has 0 rings (SSSR count). The fraction of sp³-hybridized carbons (Fsp3) is 0.786. The Morgan fingerprint density at radius 3 is 2.11 bits per heavy atom. The molecule has 4 nitrogen and oxygen atoms in total. The summed E-state index contributed by atoms with van der Waals surface area (Å²) in [5.41, 5.74) is 0.231. The molecule has 0 amide bonds. The zero-order valence-electron chi connectivity index (χ0n) is 12.2. The van der Waals surface area contributed by atoms with Crippen molar-refractivity contribution in [2.24, 2.45) is 0 Å². The molecule has 0 aromatic carbocycles. The van der Waals surface area contributed by atoms with Crippen molar-refractivity contribution in [1.82, 2.24) is 0 Å². The van der Waals surface area contributed by atoms with Crippen molar-refractivity contribution in [3.05, 3.63) is 12.2 Å². The first-order valence-electron chi connectivity index (χ1n) is 7.12. The third-order valence-corrected chi connectivity index (χ3v) is 3.53. The first kappa shape index (κ1) is 18.4. The molecule has 0 spiro atoms. The quantitative estimate of drug-likeness (QED) is 0.298. The average Bonchev–Trinajstić information content (AvgIpc) is 2.36. The normalized spacial score (nSPS) is 12.1. The van der Waals surface area contributed by atoms with Crippen molar-refractivity contribution in [3.63, 3.8) is 0 Å². The van der Waals surface area contributed by atoms with Gasteiger partial charge >= 0.3 is 14.2 Å². The average molecular weight is 290 g/mol. The van der Waals surface area contributed by atoms with E-state index in [1.807, 2.05) is 0 Å². The van der Waals surface area contributed by atoms with Crippen molar-refractivity contribution < 1.29 is 18.4 Å². The highest BCUT2D eigenvalue weighted by Gasteiger charge is 2.08. The van der Waals surface area contributed by atoms with Crippen LogP contribution in [0.1, 0.15) is 65.2 Å². The summed E-state index contributed by atoms with van der Waals surface area (Å²) in [5.74, 6) is -0.653. The van der Waals surface area contributed by atoms with Crippen LogP contribution in [0.5, 0.6) is 0 Å². The van der Waals surface area contributed by atoms with Gasteiger partial charge < -0.3 is 9.05 Å². The standard InChI is InChI=1S/C14H27O4P/c1-4-5-6-7-8-9-10-11-12-17-19(16)18-14(15)13(2)3/h19H,2,4-12H2,1,3H3. The van der Waals surface area contributed by atoms with E-state index < -0.39 is 14.2 Å². The summed E-state index contributed by atoms with van der Waals surface area (Å²) < 4.78 is 20.8. The van der Waals surface area contributed by atoms with E-state index in [9.17, 15) is 9.36 Å². The lowest BCUT2D eigenvalue weighted by atomic mass is 10.1. The van der Waals surface area contributed by atoms with Gasteiger partial charge in [-0.2, -0.15) is 0 Å². The summed E-state index contributed by atoms with van der Waals surface area (Å²) in [5, 5.41) is 0. The minimum atomic E-state index is -2.70. The first-order chi connectivity index (χ1) is 9.07. The van der Waals surface area contributed by atoms with Gasteiger partial charge in [0, 0.05) is 5.57 Å². The lowest BCUT2D eigenvalue weighted by molar-refractivity contribution is -0.130. The van der Waals surface area contributed by atoms with Gasteiger partial charge in [-0.3, -0.25) is 0 Å². The number of hydrogen-bond acceptors (Lipinski definition) is 4. The maximum Gasteiger partial charge on any atom is 0.370 e. The minimum absolute atomic E-state index is 0.231. The van der Waals surface area contributed by atoms with Crippen LogP contribution in [0.25, 0.3) is 0 Å². The predicted octanol–water partition coefficient (Wildman–Crippen LogP) is 4.65. The molecular weight excluding hydrogens is 263 g/mol. The van der Waals surface area contributed by atoms with Crippen LogP contribution < -0.4 is 0 Å². The molecule has 0 heterocycles. The Labute approximate surface area is 117 Å². The Morgan fingerprint density at radius 2 is 1.58 bits per heavy atom. The van der Waals surface area contributed by atoms with Crippen LogP contribution in [0.3, 0.4) is 0 Å². The van der Waals surface area contributed by atoms with Gasteiger partial charge in [0.25, 0.3) is 0 Å². The zero-order chi connectivity index (χ0) is 14.5. The molecule has 0 bridgehead atoms. The second kappa shape index (κ2) is 12.4. The van der Waals surface area contributed by atoms with E-state index >= 15 is 0 Å². The molecule has 0 aromatic rings. The number of carbonyl (C=O) groups excluding carboxylic acids is 1. The number of carbonyl (C=O) groups is 1. The summed E-state index contributed by atoms with van der Waals surface area (Å²) in [6.07, 6.45) is 9.55. The van der Waals surface area contributed by atoms with Gasteiger partial charge in [-0.1, -0.05) is 58.4 Å². The Balaban J connectivity index is 3.32. The fourth-order valence-electron chi connectivity index (χ4n) is 1.58. The largest absolute Gasteiger partial charge is 0.390 e. The molecule has 0 aromatic heterocycles. The third kappa shape index (κ3) is 12.2. The lowest BCUT2D eigenvalue weighted by Gasteiger charge is -2.05. The summed E-state index contributed by atoms with van der Waals surface area (Å²) in [7, 11) is -2.70. The van der Waals surface area contributed by atoms with Gasteiger partial charge in [0.2, 0.25) is 0 Å². The Hall–Kier alpha value is -0.600. The molecule has 0 radical (unpaired) electrons. The number of hydrogen-bond donors (Lipinski definition) is 0. The molecule has 5 heteroatoms. The molecule has 1 unspecified atom stereocenters. The van der Waals surface area contributed by atoms with Crippen LogP contribution in [0.2, 0.25) is 0 Å². The topological polar surface area (TPSA) is 52.6 Å². The maximum atomic E-state index is 11.2. The molecule has 1 atom stereocenters. The molecule has 0 aliphatic heterocycles. The molecule has 19 heavy (non-hydrogen) atoms. The van der Waals surface area contributed by atoms with Crippen molar-refractivity contribution in [2.75, 3.05) is 6.61 Å². The Kier molecular flexibility index (Phi) is 12.0. The molecule has 0 saturated heterocycles. The molecule has 112 valence electrons. The summed E-state index contributed by atoms with van der Waals surface area (Å²) in [4.78, 5) is 11.0. The number of unbranched alkanes of at least 4 members (excludes halogenated alkanes) is 7. The van der Waals surface area contributed by atoms with Crippen LogP contribution in [-0.2, 0) is 18.4 Å². The minimum Gasteiger partial charge on any atom is -0.390 e. The van der Waals surface area contributed by atoms with Crippen molar-refractivity contribution in [1.29, 1.82) is 0 Å². The molecule has 0 aliphatic rings. The summed E-state index contributed by atoms with van der Waals surface area (Å²) >= 11 is 0. The van der Waals surface area contributed by atoms with E-state index in [-0.39, 0.29) is 5.57 Å². The highest BCUT2D eigenvalue weighted by atomic mass is 31.1. The van der Waals surface area contributed by atoms with Gasteiger partial charge in [-0.05, 0) is 13.3 Å². The SMILES string of the molecule is C=C(C)C(=O)O[PH](=O)OCCCCCCCCCC. The van der Waals surface area contributed by atoms with Crippen molar-refractivity contribution >= 4 is 14.2 Å². The maximum absolute atomic E-state index is 11.2. The summed E-state index contributed by atoms with van der Waals surface area (Å²) in [6, 6.07) is 0. The molecule has 0 N–H and O–H groups in total. The van der Waals surface area contributed by atoms with Gasteiger partial charge in [0.1, 0.15) is 0 Å². The zero-order valence-corrected chi connectivity index (χ0v) is 13.2. The fourth-order valence-corrected chi connectivity index (χ4v) is 2.28. The van der Waals surface area contributed by atoms with Crippen LogP contribution >= 0.6 is 8.25 Å². The van der Waals surface area contributed by atoms with E-state index in [1.54, 1.807) is 0 Å². The van der Waals surface area contributed by atoms with E-state index in [0.717, 1.165) is 12.8 Å². The monoisotopic (exact) mass is 290 g/mol.